The van der Waals surface area contributed by atoms with E-state index < -0.39 is 4.92 Å². The van der Waals surface area contributed by atoms with E-state index in [9.17, 15) is 14.9 Å². The molecule has 0 N–H and O–H groups in total. The van der Waals surface area contributed by atoms with Crippen molar-refractivity contribution in [3.05, 3.63) is 39.4 Å². The van der Waals surface area contributed by atoms with Crippen LogP contribution in [0.2, 0.25) is 0 Å². The predicted molar refractivity (Wildman–Crippen MR) is 77.2 cm³/mol. The van der Waals surface area contributed by atoms with Gasteiger partial charge in [-0.25, -0.2) is 0 Å². The number of benzene rings is 1. The zero-order valence-corrected chi connectivity index (χ0v) is 12.1. The molecule has 1 saturated carbocycles. The molecule has 0 aromatic heterocycles. The molecule has 0 unspecified atom stereocenters. The fraction of sp³-hybridized carbons (Fsp3) is 0.500. The van der Waals surface area contributed by atoms with Crippen LogP contribution in [0.5, 0.6) is 0 Å². The quantitative estimate of drug-likeness (QED) is 0.476. The van der Waals surface area contributed by atoms with E-state index in [0.29, 0.717) is 23.6 Å². The van der Waals surface area contributed by atoms with Gasteiger partial charge in [-0.1, -0.05) is 0 Å². The normalized spacial score (nSPS) is 14.7. The molecular weight excluding hydrogens is 280 g/mol. The molecule has 5 nitrogen and oxygen atoms in total. The van der Waals surface area contributed by atoms with Crippen LogP contribution in [0.1, 0.15) is 35.2 Å². The molecule has 0 saturated heterocycles. The van der Waals surface area contributed by atoms with Crippen molar-refractivity contribution in [1.82, 2.24) is 4.90 Å². The van der Waals surface area contributed by atoms with Crippen LogP contribution in [0.15, 0.2) is 18.2 Å². The minimum absolute atomic E-state index is 0.0483. The number of nitro groups is 1. The lowest BCUT2D eigenvalue weighted by Gasteiger charge is -2.37. The molecular formula is C14H17ClN2O3. The lowest BCUT2D eigenvalue weighted by atomic mass is 9.91. The zero-order valence-electron chi connectivity index (χ0n) is 11.3. The summed E-state index contributed by atoms with van der Waals surface area (Å²) in [6.45, 7) is 2.23. The number of carbonyl (C=O) groups is 1. The van der Waals surface area contributed by atoms with E-state index in [1.807, 2.05) is 0 Å². The maximum Gasteiger partial charge on any atom is 0.270 e. The van der Waals surface area contributed by atoms with E-state index in [2.05, 4.69) is 0 Å². The van der Waals surface area contributed by atoms with Crippen LogP contribution < -0.4 is 0 Å². The van der Waals surface area contributed by atoms with Gasteiger partial charge in [0.25, 0.3) is 11.6 Å². The summed E-state index contributed by atoms with van der Waals surface area (Å²) in [4.78, 5) is 24.7. The van der Waals surface area contributed by atoms with Crippen molar-refractivity contribution < 1.29 is 9.72 Å². The first-order chi connectivity index (χ1) is 9.52. The minimum atomic E-state index is -0.473. The maximum absolute atomic E-state index is 12.5. The molecule has 20 heavy (non-hydrogen) atoms. The molecule has 1 aromatic rings. The number of nitrogens with zero attached hydrogens (tertiary/aromatic N) is 2. The van der Waals surface area contributed by atoms with Gasteiger partial charge in [0.05, 0.1) is 4.92 Å². The van der Waals surface area contributed by atoms with Crippen LogP contribution in [0.3, 0.4) is 0 Å². The van der Waals surface area contributed by atoms with Gasteiger partial charge in [-0.15, -0.1) is 11.6 Å². The van der Waals surface area contributed by atoms with Gasteiger partial charge >= 0.3 is 0 Å². The lowest BCUT2D eigenvalue weighted by molar-refractivity contribution is -0.384. The van der Waals surface area contributed by atoms with Crippen molar-refractivity contribution in [3.63, 3.8) is 0 Å². The van der Waals surface area contributed by atoms with Gasteiger partial charge < -0.3 is 4.90 Å². The molecule has 6 heteroatoms. The summed E-state index contributed by atoms with van der Waals surface area (Å²) >= 11 is 5.76. The Balaban J connectivity index is 2.28. The van der Waals surface area contributed by atoms with Crippen LogP contribution in [-0.4, -0.2) is 34.2 Å². The number of rotatable bonds is 5. The number of non-ortho nitro benzene ring substituents is 1. The fourth-order valence-corrected chi connectivity index (χ4v) is 2.58. The Morgan fingerprint density at radius 1 is 1.45 bits per heavy atom. The van der Waals surface area contributed by atoms with Gasteiger partial charge in [0.15, 0.2) is 0 Å². The highest BCUT2D eigenvalue weighted by Crippen LogP contribution is 2.27. The summed E-state index contributed by atoms with van der Waals surface area (Å²) in [6.07, 6.45) is 3.08. The van der Waals surface area contributed by atoms with Gasteiger partial charge in [-0.2, -0.15) is 0 Å². The van der Waals surface area contributed by atoms with Crippen molar-refractivity contribution in [2.24, 2.45) is 0 Å². The Kier molecular flexibility index (Phi) is 4.60. The highest BCUT2D eigenvalue weighted by Gasteiger charge is 2.29. The van der Waals surface area contributed by atoms with E-state index in [1.165, 1.54) is 12.1 Å². The standard InChI is InChI=1S/C14H17ClN2O3/c1-10-7-11(9-13(8-10)17(19)20)14(18)16(6-5-15)12-3-2-4-12/h7-9,12H,2-6H2,1H3. The minimum Gasteiger partial charge on any atom is -0.334 e. The number of hydrogen-bond donors (Lipinski definition) is 0. The third-order valence-corrected chi connectivity index (χ3v) is 3.79. The topological polar surface area (TPSA) is 63.5 Å². The number of nitro benzene ring substituents is 1. The Morgan fingerprint density at radius 3 is 2.65 bits per heavy atom. The number of halogens is 1. The zero-order chi connectivity index (χ0) is 14.7. The summed E-state index contributed by atoms with van der Waals surface area (Å²) in [5, 5.41) is 10.9. The van der Waals surface area contributed by atoms with E-state index in [0.717, 1.165) is 19.3 Å². The Morgan fingerprint density at radius 2 is 2.15 bits per heavy atom. The van der Waals surface area contributed by atoms with Crippen molar-refractivity contribution in [2.75, 3.05) is 12.4 Å². The van der Waals surface area contributed by atoms with Gasteiger partial charge in [0.1, 0.15) is 0 Å². The largest absolute Gasteiger partial charge is 0.334 e. The monoisotopic (exact) mass is 296 g/mol. The second-order valence-electron chi connectivity index (χ2n) is 5.09. The van der Waals surface area contributed by atoms with Crippen LogP contribution in [0.4, 0.5) is 5.69 Å². The van der Waals surface area contributed by atoms with Crippen LogP contribution in [-0.2, 0) is 0 Å². The number of alkyl halides is 1. The molecule has 0 radical (unpaired) electrons. The average Bonchev–Trinajstić information content (AvgIpc) is 2.34. The maximum atomic E-state index is 12.5. The smallest absolute Gasteiger partial charge is 0.270 e. The SMILES string of the molecule is Cc1cc(C(=O)N(CCCl)C2CCC2)cc([N+](=O)[O-])c1. The second kappa shape index (κ2) is 6.22. The van der Waals surface area contributed by atoms with Crippen molar-refractivity contribution in [2.45, 2.75) is 32.2 Å². The van der Waals surface area contributed by atoms with E-state index >= 15 is 0 Å². The Hall–Kier alpha value is -1.62. The second-order valence-corrected chi connectivity index (χ2v) is 5.46. The Labute approximate surface area is 122 Å². The van der Waals surface area contributed by atoms with Crippen molar-refractivity contribution in [1.29, 1.82) is 0 Å². The third kappa shape index (κ3) is 3.10. The first-order valence-corrected chi connectivity index (χ1v) is 7.19. The summed E-state index contributed by atoms with van der Waals surface area (Å²) in [7, 11) is 0. The molecule has 1 amide bonds. The summed E-state index contributed by atoms with van der Waals surface area (Å²) in [5.41, 5.74) is 1.03. The molecule has 0 atom stereocenters. The molecule has 108 valence electrons. The van der Waals surface area contributed by atoms with Gasteiger partial charge in [0, 0.05) is 36.2 Å². The van der Waals surface area contributed by atoms with Crippen molar-refractivity contribution >= 4 is 23.2 Å². The van der Waals surface area contributed by atoms with E-state index in [1.54, 1.807) is 17.9 Å². The number of amides is 1. The van der Waals surface area contributed by atoms with Gasteiger partial charge in [-0.05, 0) is 37.8 Å². The summed E-state index contributed by atoms with van der Waals surface area (Å²) < 4.78 is 0. The molecule has 0 spiro atoms. The first kappa shape index (κ1) is 14.8. The van der Waals surface area contributed by atoms with E-state index in [-0.39, 0.29) is 17.6 Å². The van der Waals surface area contributed by atoms with Crippen LogP contribution >= 0.6 is 11.6 Å². The van der Waals surface area contributed by atoms with Crippen LogP contribution in [0.25, 0.3) is 0 Å². The van der Waals surface area contributed by atoms with Crippen LogP contribution in [0, 0.1) is 17.0 Å². The van der Waals surface area contributed by atoms with Crippen molar-refractivity contribution in [3.8, 4) is 0 Å². The lowest BCUT2D eigenvalue weighted by Crippen LogP contribution is -2.45. The predicted octanol–water partition coefficient (Wildman–Crippen LogP) is 3.14. The molecule has 0 heterocycles. The number of carbonyl (C=O) groups excluding carboxylic acids is 1. The average molecular weight is 297 g/mol. The molecule has 1 aromatic carbocycles. The highest BCUT2D eigenvalue weighted by atomic mass is 35.5. The highest BCUT2D eigenvalue weighted by molar-refractivity contribution is 6.18. The summed E-state index contributed by atoms with van der Waals surface area (Å²) in [6, 6.07) is 4.72. The number of aryl methyl sites for hydroxylation is 1. The Bertz CT molecular complexity index is 529. The number of hydrogen-bond acceptors (Lipinski definition) is 3. The molecule has 0 aliphatic heterocycles. The molecule has 1 fully saturated rings. The third-order valence-electron chi connectivity index (χ3n) is 3.62. The molecule has 0 bridgehead atoms. The first-order valence-electron chi connectivity index (χ1n) is 6.66. The van der Waals surface area contributed by atoms with Gasteiger partial charge in [0.2, 0.25) is 0 Å². The molecule has 2 rings (SSSR count). The summed E-state index contributed by atoms with van der Waals surface area (Å²) in [5.74, 6) is 0.207. The van der Waals surface area contributed by atoms with Gasteiger partial charge in [-0.3, -0.25) is 14.9 Å². The molecule has 1 aliphatic carbocycles. The molecule has 1 aliphatic rings. The van der Waals surface area contributed by atoms with E-state index in [4.69, 9.17) is 11.6 Å². The fourth-order valence-electron chi connectivity index (χ4n) is 2.40.